The number of nitrogens with zero attached hydrogens (tertiary/aromatic N) is 4. The van der Waals surface area contributed by atoms with Gasteiger partial charge in [-0.25, -0.2) is 4.79 Å². The molecule has 1 aliphatic rings. The number of carboxylic acids is 1. The largest absolute Gasteiger partial charge is 0.480 e. The molecule has 3 rings (SSSR count). The summed E-state index contributed by atoms with van der Waals surface area (Å²) in [5.41, 5.74) is 0.435. The van der Waals surface area contributed by atoms with Gasteiger partial charge in [0.25, 0.3) is 5.91 Å². The van der Waals surface area contributed by atoms with Crippen LogP contribution in [0.5, 0.6) is 0 Å². The Morgan fingerprint density at radius 1 is 1.36 bits per heavy atom. The molecule has 0 saturated carbocycles. The number of carbonyl (C=O) groups excluding carboxylic acids is 1. The highest BCUT2D eigenvalue weighted by atomic mass is 79.9. The second-order valence-electron chi connectivity index (χ2n) is 5.07. The molecular weight excluding hydrogens is 352 g/mol. The Balaban J connectivity index is 1.97. The zero-order chi connectivity index (χ0) is 15.9. The van der Waals surface area contributed by atoms with E-state index in [0.29, 0.717) is 17.2 Å². The van der Waals surface area contributed by atoms with E-state index in [2.05, 4.69) is 26.1 Å². The number of rotatable bonds is 2. The number of aromatic nitrogens is 3. The first-order valence-electron chi connectivity index (χ1n) is 6.65. The lowest BCUT2D eigenvalue weighted by atomic mass is 10.1. The molecule has 0 radical (unpaired) electrons. The van der Waals surface area contributed by atoms with Gasteiger partial charge in [0.05, 0.1) is 13.1 Å². The molecule has 0 spiro atoms. The lowest BCUT2D eigenvalue weighted by Crippen LogP contribution is -2.50. The molecule has 114 valence electrons. The van der Waals surface area contributed by atoms with Gasteiger partial charge < -0.3 is 14.6 Å². The summed E-state index contributed by atoms with van der Waals surface area (Å²) < 4.78 is 2.50. The Kier molecular flexibility index (Phi) is 3.69. The number of halogens is 1. The van der Waals surface area contributed by atoms with Crippen molar-refractivity contribution in [3.63, 3.8) is 0 Å². The molecule has 0 saturated heterocycles. The van der Waals surface area contributed by atoms with Crippen LogP contribution in [-0.2, 0) is 17.9 Å². The van der Waals surface area contributed by atoms with Gasteiger partial charge >= 0.3 is 5.97 Å². The molecule has 1 unspecified atom stereocenters. The summed E-state index contributed by atoms with van der Waals surface area (Å²) in [4.78, 5) is 25.5. The van der Waals surface area contributed by atoms with Gasteiger partial charge in [-0.1, -0.05) is 22.0 Å². The Morgan fingerprint density at radius 3 is 2.82 bits per heavy atom. The van der Waals surface area contributed by atoms with E-state index in [0.717, 1.165) is 4.47 Å². The van der Waals surface area contributed by atoms with Crippen molar-refractivity contribution < 1.29 is 14.7 Å². The highest BCUT2D eigenvalue weighted by Gasteiger charge is 2.36. The smallest absolute Gasteiger partial charge is 0.328 e. The third-order valence-corrected chi connectivity index (χ3v) is 4.17. The van der Waals surface area contributed by atoms with Crippen LogP contribution in [0.4, 0.5) is 0 Å². The van der Waals surface area contributed by atoms with Crippen molar-refractivity contribution in [2.24, 2.45) is 0 Å². The molecule has 0 fully saturated rings. The summed E-state index contributed by atoms with van der Waals surface area (Å²) in [5, 5.41) is 17.4. The highest BCUT2D eigenvalue weighted by molar-refractivity contribution is 9.10. The van der Waals surface area contributed by atoms with Crippen LogP contribution in [0.3, 0.4) is 0 Å². The van der Waals surface area contributed by atoms with Crippen LogP contribution in [0.2, 0.25) is 0 Å². The zero-order valence-corrected chi connectivity index (χ0v) is 13.3. The van der Waals surface area contributed by atoms with Gasteiger partial charge in [0.2, 0.25) is 0 Å². The number of carbonyl (C=O) groups is 2. The number of hydrogen-bond donors (Lipinski definition) is 1. The number of benzene rings is 1. The third kappa shape index (κ3) is 2.50. The fourth-order valence-electron chi connectivity index (χ4n) is 2.53. The quantitative estimate of drug-likeness (QED) is 0.871. The number of amides is 1. The number of aryl methyl sites for hydroxylation is 1. The zero-order valence-electron chi connectivity index (χ0n) is 11.7. The minimum Gasteiger partial charge on any atom is -0.480 e. The Hall–Kier alpha value is -2.22. The van der Waals surface area contributed by atoms with Crippen LogP contribution in [0.25, 0.3) is 0 Å². The van der Waals surface area contributed by atoms with Gasteiger partial charge in [-0.3, -0.25) is 4.79 Å². The van der Waals surface area contributed by atoms with Crippen molar-refractivity contribution in [2.75, 3.05) is 0 Å². The van der Waals surface area contributed by atoms with Gasteiger partial charge in [-0.2, -0.15) is 0 Å². The van der Waals surface area contributed by atoms with Crippen LogP contribution < -0.4 is 0 Å². The Bertz CT molecular complexity index is 758. The third-order valence-electron chi connectivity index (χ3n) is 3.67. The van der Waals surface area contributed by atoms with Crippen LogP contribution in [0.15, 0.2) is 28.7 Å². The van der Waals surface area contributed by atoms with E-state index in [4.69, 9.17) is 0 Å². The maximum absolute atomic E-state index is 12.7. The molecule has 7 nitrogen and oxygen atoms in total. The van der Waals surface area contributed by atoms with Crippen LogP contribution >= 0.6 is 15.9 Å². The van der Waals surface area contributed by atoms with Crippen molar-refractivity contribution in [1.29, 1.82) is 0 Å². The molecule has 2 heterocycles. The molecule has 1 aromatic carbocycles. The van der Waals surface area contributed by atoms with E-state index in [1.54, 1.807) is 29.7 Å². The SMILES string of the molecule is Cc1nnc2n1CC(C(=O)O)N(C(=O)c1cccc(Br)c1)C2. The number of carboxylic acid groups (broad SMARTS) is 1. The highest BCUT2D eigenvalue weighted by Crippen LogP contribution is 2.22. The molecule has 22 heavy (non-hydrogen) atoms. The maximum Gasteiger partial charge on any atom is 0.328 e. The van der Waals surface area contributed by atoms with Crippen molar-refractivity contribution in [3.05, 3.63) is 46.0 Å². The van der Waals surface area contributed by atoms with Crippen LogP contribution in [0, 0.1) is 6.92 Å². The molecule has 1 atom stereocenters. The average Bonchev–Trinajstić information content (AvgIpc) is 2.86. The predicted octanol–water partition coefficient (Wildman–Crippen LogP) is 1.46. The number of hydrogen-bond acceptors (Lipinski definition) is 4. The van der Waals surface area contributed by atoms with Crippen LogP contribution in [-0.4, -0.2) is 42.7 Å². The number of aliphatic carboxylic acids is 1. The molecule has 2 aromatic rings. The molecular formula is C14H13BrN4O3. The predicted molar refractivity (Wildman–Crippen MR) is 80.2 cm³/mol. The summed E-state index contributed by atoms with van der Waals surface area (Å²) in [6, 6.07) is 5.95. The standard InChI is InChI=1S/C14H13BrN4O3/c1-8-16-17-12-7-19(11(14(21)22)6-18(8)12)13(20)9-3-2-4-10(15)5-9/h2-5,11H,6-7H2,1H3,(H,21,22). The Morgan fingerprint density at radius 2 is 2.14 bits per heavy atom. The van der Waals surface area contributed by atoms with Gasteiger partial charge in [-0.05, 0) is 25.1 Å². The van der Waals surface area contributed by atoms with Crippen molar-refractivity contribution >= 4 is 27.8 Å². The molecule has 0 aliphatic carbocycles. The van der Waals surface area contributed by atoms with Gasteiger partial charge in [-0.15, -0.1) is 10.2 Å². The van der Waals surface area contributed by atoms with Gasteiger partial charge in [0.1, 0.15) is 11.9 Å². The summed E-state index contributed by atoms with van der Waals surface area (Å²) in [6.07, 6.45) is 0. The average molecular weight is 365 g/mol. The summed E-state index contributed by atoms with van der Waals surface area (Å²) in [7, 11) is 0. The van der Waals surface area contributed by atoms with E-state index >= 15 is 0 Å². The molecule has 1 aliphatic heterocycles. The molecule has 0 bridgehead atoms. The van der Waals surface area contributed by atoms with E-state index in [-0.39, 0.29) is 19.0 Å². The minimum atomic E-state index is -1.04. The topological polar surface area (TPSA) is 88.3 Å². The Labute approximate surface area is 134 Å². The van der Waals surface area contributed by atoms with E-state index < -0.39 is 12.0 Å². The fraction of sp³-hybridized carbons (Fsp3) is 0.286. The van der Waals surface area contributed by atoms with E-state index in [1.807, 2.05) is 6.07 Å². The first kappa shape index (κ1) is 14.7. The summed E-state index contributed by atoms with van der Waals surface area (Å²) in [5.74, 6) is -0.128. The molecule has 1 aromatic heterocycles. The lowest BCUT2D eigenvalue weighted by molar-refractivity contribution is -0.143. The van der Waals surface area contributed by atoms with Crippen LogP contribution in [0.1, 0.15) is 22.0 Å². The monoisotopic (exact) mass is 364 g/mol. The number of fused-ring (bicyclic) bond motifs is 1. The molecule has 1 N–H and O–H groups in total. The van der Waals surface area contributed by atoms with E-state index in [1.165, 1.54) is 4.90 Å². The molecule has 1 amide bonds. The van der Waals surface area contributed by atoms with Crippen molar-refractivity contribution in [2.45, 2.75) is 26.1 Å². The van der Waals surface area contributed by atoms with Crippen molar-refractivity contribution in [1.82, 2.24) is 19.7 Å². The second-order valence-corrected chi connectivity index (χ2v) is 5.99. The normalized spacial score (nSPS) is 17.2. The first-order chi connectivity index (χ1) is 10.5. The van der Waals surface area contributed by atoms with Gasteiger partial charge in [0.15, 0.2) is 5.82 Å². The summed E-state index contributed by atoms with van der Waals surface area (Å²) >= 11 is 3.31. The van der Waals surface area contributed by atoms with Crippen molar-refractivity contribution in [3.8, 4) is 0 Å². The fourth-order valence-corrected chi connectivity index (χ4v) is 2.92. The first-order valence-corrected chi connectivity index (χ1v) is 7.44. The summed E-state index contributed by atoms with van der Waals surface area (Å²) in [6.45, 7) is 2.05. The lowest BCUT2D eigenvalue weighted by Gasteiger charge is -2.33. The van der Waals surface area contributed by atoms with Gasteiger partial charge in [0, 0.05) is 10.0 Å². The minimum absolute atomic E-state index is 0.128. The second kappa shape index (κ2) is 5.53. The maximum atomic E-state index is 12.7. The molecule has 8 heteroatoms. The van der Waals surface area contributed by atoms with E-state index in [9.17, 15) is 14.7 Å².